The molecule has 1 aromatic rings. The lowest BCUT2D eigenvalue weighted by molar-refractivity contribution is 0.230. The molecule has 0 unspecified atom stereocenters. The van der Waals surface area contributed by atoms with E-state index in [1.54, 1.807) is 14.1 Å². The number of hydrogen-bond acceptors (Lipinski definition) is 1. The van der Waals surface area contributed by atoms with E-state index in [1.165, 1.54) is 4.90 Å². The van der Waals surface area contributed by atoms with Crippen LogP contribution in [0.1, 0.15) is 5.56 Å². The fourth-order valence-corrected chi connectivity index (χ4v) is 1.45. The topological polar surface area (TPSA) is 32.3 Å². The number of anilines is 1. The number of nitrogens with zero attached hydrogens (tertiary/aromatic N) is 1. The van der Waals surface area contributed by atoms with Crippen molar-refractivity contribution in [2.75, 3.05) is 19.4 Å². The normalized spacial score (nSPS) is 9.71. The molecule has 0 aliphatic heterocycles. The third kappa shape index (κ3) is 2.87. The molecule has 0 aliphatic carbocycles. The maximum atomic E-state index is 11.4. The van der Waals surface area contributed by atoms with E-state index in [9.17, 15) is 4.79 Å². The zero-order valence-electron chi connectivity index (χ0n) is 8.47. The maximum absolute atomic E-state index is 11.4. The molecule has 0 radical (unpaired) electrons. The summed E-state index contributed by atoms with van der Waals surface area (Å²) in [5, 5.41) is 2.83. The summed E-state index contributed by atoms with van der Waals surface area (Å²) in [6, 6.07) is 5.86. The highest BCUT2D eigenvalue weighted by atomic mass is 127. The van der Waals surface area contributed by atoms with Gasteiger partial charge < -0.3 is 10.2 Å². The minimum absolute atomic E-state index is 0.102. The van der Waals surface area contributed by atoms with Crippen molar-refractivity contribution in [2.24, 2.45) is 0 Å². The van der Waals surface area contributed by atoms with Gasteiger partial charge in [0.2, 0.25) is 0 Å². The molecule has 0 spiro atoms. The molecule has 2 amide bonds. The van der Waals surface area contributed by atoms with Crippen LogP contribution in [0.4, 0.5) is 10.5 Å². The predicted octanol–water partition coefficient (Wildman–Crippen LogP) is 2.69. The standard InChI is InChI=1S/C10H13IN2O/c1-7-4-5-8(11)6-9(7)12-10(14)13(2)3/h4-6H,1-3H3,(H,12,14). The third-order valence-corrected chi connectivity index (χ3v) is 2.52. The minimum atomic E-state index is -0.102. The van der Waals surface area contributed by atoms with Gasteiger partial charge in [-0.1, -0.05) is 6.07 Å². The Morgan fingerprint density at radius 1 is 1.43 bits per heavy atom. The number of carbonyl (C=O) groups is 1. The van der Waals surface area contributed by atoms with Crippen LogP contribution in [0, 0.1) is 10.5 Å². The van der Waals surface area contributed by atoms with E-state index >= 15 is 0 Å². The fourth-order valence-electron chi connectivity index (χ4n) is 0.956. The summed E-state index contributed by atoms with van der Waals surface area (Å²) in [5.41, 5.74) is 1.94. The van der Waals surface area contributed by atoms with Crippen molar-refractivity contribution in [2.45, 2.75) is 6.92 Å². The van der Waals surface area contributed by atoms with Crippen molar-refractivity contribution in [3.05, 3.63) is 27.3 Å². The summed E-state index contributed by atoms with van der Waals surface area (Å²) in [6.07, 6.45) is 0. The summed E-state index contributed by atoms with van der Waals surface area (Å²) in [4.78, 5) is 12.9. The first-order chi connectivity index (χ1) is 6.50. The highest BCUT2D eigenvalue weighted by Crippen LogP contribution is 2.18. The average Bonchev–Trinajstić information content (AvgIpc) is 2.11. The van der Waals surface area contributed by atoms with Gasteiger partial charge in [0.05, 0.1) is 0 Å². The van der Waals surface area contributed by atoms with Crippen LogP contribution in [0.3, 0.4) is 0 Å². The Hall–Kier alpha value is -0.780. The molecule has 0 saturated carbocycles. The van der Waals surface area contributed by atoms with Gasteiger partial charge in [-0.2, -0.15) is 0 Å². The highest BCUT2D eigenvalue weighted by Gasteiger charge is 2.05. The van der Waals surface area contributed by atoms with Gasteiger partial charge in [0.1, 0.15) is 0 Å². The van der Waals surface area contributed by atoms with E-state index in [4.69, 9.17) is 0 Å². The van der Waals surface area contributed by atoms with Crippen molar-refractivity contribution < 1.29 is 4.79 Å². The van der Waals surface area contributed by atoms with Crippen molar-refractivity contribution in [1.29, 1.82) is 0 Å². The summed E-state index contributed by atoms with van der Waals surface area (Å²) in [5.74, 6) is 0. The van der Waals surface area contributed by atoms with Crippen molar-refractivity contribution >= 4 is 34.3 Å². The Balaban J connectivity index is 2.86. The molecule has 0 atom stereocenters. The van der Waals surface area contributed by atoms with Crippen LogP contribution in [0.2, 0.25) is 0 Å². The van der Waals surface area contributed by atoms with Gasteiger partial charge in [0, 0.05) is 23.4 Å². The zero-order chi connectivity index (χ0) is 10.7. The van der Waals surface area contributed by atoms with Crippen LogP contribution in [-0.2, 0) is 0 Å². The molecule has 0 heterocycles. The van der Waals surface area contributed by atoms with Crippen molar-refractivity contribution in [3.8, 4) is 0 Å². The highest BCUT2D eigenvalue weighted by molar-refractivity contribution is 14.1. The van der Waals surface area contributed by atoms with Gasteiger partial charge in [-0.05, 0) is 47.2 Å². The van der Waals surface area contributed by atoms with Crippen molar-refractivity contribution in [1.82, 2.24) is 4.90 Å². The van der Waals surface area contributed by atoms with Gasteiger partial charge >= 0.3 is 6.03 Å². The first-order valence-corrected chi connectivity index (χ1v) is 5.33. The number of benzene rings is 1. The molecule has 0 aliphatic rings. The molecule has 14 heavy (non-hydrogen) atoms. The van der Waals surface area contributed by atoms with Gasteiger partial charge in [0.25, 0.3) is 0 Å². The van der Waals surface area contributed by atoms with Crippen LogP contribution < -0.4 is 5.32 Å². The number of halogens is 1. The first kappa shape index (κ1) is 11.3. The summed E-state index contributed by atoms with van der Waals surface area (Å²) >= 11 is 2.22. The van der Waals surface area contributed by atoms with Crippen LogP contribution in [0.25, 0.3) is 0 Å². The Morgan fingerprint density at radius 2 is 2.07 bits per heavy atom. The number of rotatable bonds is 1. The Bertz CT molecular complexity index is 350. The van der Waals surface area contributed by atoms with E-state index in [-0.39, 0.29) is 6.03 Å². The van der Waals surface area contributed by atoms with Crippen LogP contribution in [0.5, 0.6) is 0 Å². The van der Waals surface area contributed by atoms with E-state index in [1.807, 2.05) is 25.1 Å². The number of hydrogen-bond donors (Lipinski definition) is 1. The van der Waals surface area contributed by atoms with E-state index < -0.39 is 0 Å². The molecular formula is C10H13IN2O. The molecule has 1 aromatic carbocycles. The second-order valence-electron chi connectivity index (χ2n) is 3.28. The predicted molar refractivity (Wildman–Crippen MR) is 66.6 cm³/mol. The molecule has 76 valence electrons. The van der Waals surface area contributed by atoms with Crippen molar-refractivity contribution in [3.63, 3.8) is 0 Å². The smallest absolute Gasteiger partial charge is 0.321 e. The number of nitrogens with one attached hydrogen (secondary N) is 1. The molecule has 0 aromatic heterocycles. The van der Waals surface area contributed by atoms with Gasteiger partial charge in [0.15, 0.2) is 0 Å². The van der Waals surface area contributed by atoms with Crippen LogP contribution in [-0.4, -0.2) is 25.0 Å². The first-order valence-electron chi connectivity index (χ1n) is 4.25. The number of carbonyl (C=O) groups excluding carboxylic acids is 1. The number of amides is 2. The maximum Gasteiger partial charge on any atom is 0.321 e. The summed E-state index contributed by atoms with van der Waals surface area (Å²) in [7, 11) is 3.44. The second-order valence-corrected chi connectivity index (χ2v) is 4.53. The second kappa shape index (κ2) is 4.63. The summed E-state index contributed by atoms with van der Waals surface area (Å²) < 4.78 is 1.11. The Morgan fingerprint density at radius 3 is 2.64 bits per heavy atom. The SMILES string of the molecule is Cc1ccc(I)cc1NC(=O)N(C)C. The third-order valence-electron chi connectivity index (χ3n) is 1.85. The molecule has 0 fully saturated rings. The van der Waals surface area contributed by atoms with E-state index in [0.29, 0.717) is 0 Å². The molecule has 4 heteroatoms. The fraction of sp³-hybridized carbons (Fsp3) is 0.300. The lowest BCUT2D eigenvalue weighted by Gasteiger charge is -2.13. The van der Waals surface area contributed by atoms with E-state index in [0.717, 1.165) is 14.8 Å². The summed E-state index contributed by atoms with van der Waals surface area (Å²) in [6.45, 7) is 1.97. The number of aryl methyl sites for hydroxylation is 1. The Kier molecular flexibility index (Phi) is 3.74. The van der Waals surface area contributed by atoms with E-state index in [2.05, 4.69) is 27.9 Å². The molecule has 1 rings (SSSR count). The monoisotopic (exact) mass is 304 g/mol. The quantitative estimate of drug-likeness (QED) is 0.795. The Labute approximate surface area is 97.6 Å². The minimum Gasteiger partial charge on any atom is -0.331 e. The largest absolute Gasteiger partial charge is 0.331 e. The van der Waals surface area contributed by atoms with Crippen LogP contribution in [0.15, 0.2) is 18.2 Å². The number of urea groups is 1. The molecule has 0 saturated heterocycles. The van der Waals surface area contributed by atoms with Gasteiger partial charge in [-0.15, -0.1) is 0 Å². The van der Waals surface area contributed by atoms with Crippen LogP contribution >= 0.6 is 22.6 Å². The zero-order valence-corrected chi connectivity index (χ0v) is 10.6. The molecular weight excluding hydrogens is 291 g/mol. The molecule has 0 bridgehead atoms. The lowest BCUT2D eigenvalue weighted by Crippen LogP contribution is -2.27. The lowest BCUT2D eigenvalue weighted by atomic mass is 10.2. The van der Waals surface area contributed by atoms with Gasteiger partial charge in [-0.25, -0.2) is 4.79 Å². The average molecular weight is 304 g/mol. The molecule has 3 nitrogen and oxygen atoms in total. The molecule has 1 N–H and O–H groups in total. The van der Waals surface area contributed by atoms with Gasteiger partial charge in [-0.3, -0.25) is 0 Å².